The summed E-state index contributed by atoms with van der Waals surface area (Å²) in [6.07, 6.45) is -14.1. The topological polar surface area (TPSA) is 616 Å². The molecule has 49 heteroatoms. The molecule has 0 aromatic carbocycles. The summed E-state index contributed by atoms with van der Waals surface area (Å²) in [4.78, 5) is 209. The van der Waals surface area contributed by atoms with Crippen LogP contribution in [0, 0.1) is 0 Å². The smallest absolute Gasteiger partial charge is 0.303 e. The number of unbranched alkanes of at least 4 members (excludes halogenated alkanes) is 3. The first-order valence-electron chi connectivity index (χ1n) is 42.5. The van der Waals surface area contributed by atoms with Gasteiger partial charge < -0.3 is 156 Å². The molecule has 742 valence electrons. The van der Waals surface area contributed by atoms with Crippen molar-refractivity contribution < 1.29 is 200 Å². The van der Waals surface area contributed by atoms with E-state index in [9.17, 15) is 81.5 Å². The van der Waals surface area contributed by atoms with Crippen LogP contribution in [0.1, 0.15) is 141 Å². The first kappa shape index (κ1) is 115. The second kappa shape index (κ2) is 65.9. The summed E-state index contributed by atoms with van der Waals surface area (Å²) in [6.45, 7) is 11.2. The predicted octanol–water partition coefficient (Wildman–Crippen LogP) is -3.05. The van der Waals surface area contributed by atoms with Gasteiger partial charge in [-0.1, -0.05) is 12.8 Å². The molecule has 49 nitrogen and oxygen atoms in total. The normalized spacial score (nSPS) is 22.1. The van der Waals surface area contributed by atoms with Crippen molar-refractivity contribution in [1.29, 1.82) is 0 Å². The molecule has 0 aliphatic carbocycles. The number of carbonyl (C=O) groups is 17. The Morgan fingerprint density at radius 3 is 0.785 bits per heavy atom. The van der Waals surface area contributed by atoms with Crippen LogP contribution >= 0.6 is 0 Å². The number of hydrogen-bond donors (Lipinski definition) is 8. The summed E-state index contributed by atoms with van der Waals surface area (Å²) < 4.78 is 136. The van der Waals surface area contributed by atoms with E-state index < -0.39 is 218 Å². The highest BCUT2D eigenvalue weighted by Gasteiger charge is 2.55. The van der Waals surface area contributed by atoms with Crippen LogP contribution in [-0.4, -0.2) is 382 Å². The SMILES string of the molecule is CC(=O)NC1[C@H](OCCOCCOCCNC(=O)CCOCC(COCCC(=O)NCCOCCOCCOC2OC(COC(C)=O)[C@H](OC(C)=O)[C@H](OC(C)=O)[C@@H]2NC(C)=O)(COCCC(=O)NCCOCCOCCO[C@@H]2OC(COC(C)=O)[C@H](OC(C)=O)[C@H](OC(C)=O)C2NC(C)=O)NC(=O)CCCCCCC(=O)O)OC(COC(C)=O)[C@H](OC(C)=O)[C@@H]1OC(C)=O. The van der Waals surface area contributed by atoms with Crippen LogP contribution in [0.2, 0.25) is 0 Å². The summed E-state index contributed by atoms with van der Waals surface area (Å²) in [5.41, 5.74) is -1.51. The van der Waals surface area contributed by atoms with Gasteiger partial charge in [-0.3, -0.25) is 81.5 Å². The summed E-state index contributed by atoms with van der Waals surface area (Å²) in [5, 5.41) is 28.1. The Balaban J connectivity index is 1.63. The summed E-state index contributed by atoms with van der Waals surface area (Å²) in [7, 11) is 0. The zero-order valence-corrected chi connectivity index (χ0v) is 75.8. The molecule has 130 heavy (non-hydrogen) atoms. The van der Waals surface area contributed by atoms with E-state index in [0.29, 0.717) is 25.7 Å². The van der Waals surface area contributed by atoms with E-state index in [2.05, 4.69) is 37.2 Å². The number of ether oxygens (including phenoxy) is 24. The maximum absolute atomic E-state index is 13.8. The summed E-state index contributed by atoms with van der Waals surface area (Å²) in [5.74, 6) is -11.1. The number of carboxylic acids is 1. The molecule has 0 spiro atoms. The average Bonchev–Trinajstić information content (AvgIpc) is 0.795. The highest BCUT2D eigenvalue weighted by atomic mass is 16.7. The molecule has 3 rings (SSSR count). The van der Waals surface area contributed by atoms with Gasteiger partial charge in [0.1, 0.15) is 61.8 Å². The molecular formula is C81H131N7O42. The minimum atomic E-state index is -1.51. The molecule has 3 aliphatic heterocycles. The van der Waals surface area contributed by atoms with Crippen LogP contribution in [0.4, 0.5) is 0 Å². The number of esters is 9. The van der Waals surface area contributed by atoms with Crippen molar-refractivity contribution in [2.45, 2.75) is 238 Å². The fraction of sp³-hybridized carbons (Fsp3) is 0.790. The lowest BCUT2D eigenvalue weighted by molar-refractivity contribution is -0.279. The second-order valence-electron chi connectivity index (χ2n) is 29.5. The fourth-order valence-electron chi connectivity index (χ4n) is 12.8. The van der Waals surface area contributed by atoms with Gasteiger partial charge in [0.05, 0.1) is 139 Å². The lowest BCUT2D eigenvalue weighted by Gasteiger charge is -2.44. The molecule has 3 heterocycles. The van der Waals surface area contributed by atoms with Gasteiger partial charge in [-0.2, -0.15) is 0 Å². The minimum Gasteiger partial charge on any atom is -0.481 e. The maximum atomic E-state index is 13.8. The van der Waals surface area contributed by atoms with E-state index in [1.165, 1.54) is 20.8 Å². The molecule has 8 N–H and O–H groups in total. The molecule has 0 radical (unpaired) electrons. The Morgan fingerprint density at radius 1 is 0.277 bits per heavy atom. The first-order valence-corrected chi connectivity index (χ1v) is 42.5. The number of rotatable bonds is 68. The van der Waals surface area contributed by atoms with Gasteiger partial charge >= 0.3 is 59.7 Å². The third-order valence-electron chi connectivity index (χ3n) is 18.1. The van der Waals surface area contributed by atoms with Crippen LogP contribution in [0.25, 0.3) is 0 Å². The van der Waals surface area contributed by atoms with Crippen LogP contribution in [0.5, 0.6) is 0 Å². The van der Waals surface area contributed by atoms with Crippen molar-refractivity contribution in [2.24, 2.45) is 0 Å². The molecule has 0 saturated carbocycles. The molecule has 7 amide bonds. The molecule has 3 saturated heterocycles. The van der Waals surface area contributed by atoms with Crippen LogP contribution in [0.15, 0.2) is 0 Å². The maximum Gasteiger partial charge on any atom is 0.303 e. The molecule has 3 aliphatic rings. The Morgan fingerprint density at radius 2 is 0.531 bits per heavy atom. The van der Waals surface area contributed by atoms with Gasteiger partial charge in [0.2, 0.25) is 41.4 Å². The van der Waals surface area contributed by atoms with E-state index in [4.69, 9.17) is 119 Å². The van der Waals surface area contributed by atoms with Gasteiger partial charge in [0, 0.05) is 135 Å². The van der Waals surface area contributed by atoms with Crippen molar-refractivity contribution in [2.75, 3.05) is 178 Å². The number of carbonyl (C=O) groups excluding carboxylic acids is 16. The Labute approximate surface area is 752 Å². The summed E-state index contributed by atoms with van der Waals surface area (Å²) in [6, 6.07) is -3.55. The monoisotopic (exact) mass is 1870 g/mol. The molecule has 0 aromatic heterocycles. The Hall–Kier alpha value is -9.61. The van der Waals surface area contributed by atoms with Crippen molar-refractivity contribution in [3.8, 4) is 0 Å². The van der Waals surface area contributed by atoms with Crippen molar-refractivity contribution >= 4 is 101 Å². The fourth-order valence-corrected chi connectivity index (χ4v) is 12.8. The van der Waals surface area contributed by atoms with E-state index in [1.54, 1.807) is 0 Å². The van der Waals surface area contributed by atoms with Crippen molar-refractivity contribution in [3.63, 3.8) is 0 Å². The largest absolute Gasteiger partial charge is 0.481 e. The van der Waals surface area contributed by atoms with E-state index in [1.807, 2.05) is 0 Å². The minimum absolute atomic E-state index is 0.0146. The van der Waals surface area contributed by atoms with Gasteiger partial charge in [-0.15, -0.1) is 0 Å². The number of nitrogens with one attached hydrogen (secondary N) is 7. The van der Waals surface area contributed by atoms with Crippen molar-refractivity contribution in [1.82, 2.24) is 37.2 Å². The third-order valence-corrected chi connectivity index (χ3v) is 18.1. The summed E-state index contributed by atoms with van der Waals surface area (Å²) >= 11 is 0. The molecule has 0 bridgehead atoms. The van der Waals surface area contributed by atoms with E-state index in [-0.39, 0.29) is 190 Å². The number of amides is 7. The average molecular weight is 1870 g/mol. The van der Waals surface area contributed by atoms with Crippen molar-refractivity contribution in [3.05, 3.63) is 0 Å². The van der Waals surface area contributed by atoms with Crippen LogP contribution < -0.4 is 37.2 Å². The standard InChI is InChI=1S/C81H131N7O42/c1-49(89)85-69-75(125-58(10)98)72(122-55(7)95)61(43-119-52(4)92)128-78(69)116-40-37-110-34-31-107-28-22-82-64(101)19-25-113-46-81(88-67(104)17-15-13-14-16-18-68(105)106,47-114-26-20-65(102)83-23-29-108-32-35-111-38-41-117-79-70(86-50(2)90)76(126-59(11)99)73(123-56(8)96)62(129-79)44-120-53(5)93)48-115-27-21-66(103)84-24-30-109-33-36-112-39-42-118-80-71(87-51(3)91)77(127-60(12)100)74(124-57(9)97)63(130-80)45-121-54(6)94/h61-63,69-80H,13-48H2,1-12H3,(H,82,101)(H,83,102)(H,84,103)(H,85,89)(H,86,90)(H,87,91)(H,88,104)(H,105,106)/t61?,62?,63?,69-,70?,71?,72-,73-,74-,75+,76+,77+,78?,79+,80+,81?/m0/s1. The third kappa shape index (κ3) is 51.3. The molecule has 6 unspecified atom stereocenters. The number of carboxylic acid groups (broad SMARTS) is 1. The first-order chi connectivity index (χ1) is 61.9. The zero-order valence-electron chi connectivity index (χ0n) is 75.8. The molecule has 0 aromatic rings. The predicted molar refractivity (Wildman–Crippen MR) is 436 cm³/mol. The highest BCUT2D eigenvalue weighted by molar-refractivity contribution is 5.79. The molecular weight excluding hydrogens is 1740 g/mol. The van der Waals surface area contributed by atoms with Gasteiger partial charge in [-0.05, 0) is 12.8 Å². The Bertz CT molecular complexity index is 3190. The van der Waals surface area contributed by atoms with E-state index >= 15 is 0 Å². The highest BCUT2D eigenvalue weighted by Crippen LogP contribution is 2.32. The lowest BCUT2D eigenvalue weighted by atomic mass is 9.96. The molecule has 15 atom stereocenters. The van der Waals surface area contributed by atoms with Gasteiger partial charge in [0.25, 0.3) is 0 Å². The van der Waals surface area contributed by atoms with Crippen LogP contribution in [0.3, 0.4) is 0 Å². The van der Waals surface area contributed by atoms with E-state index in [0.717, 1.165) is 62.3 Å². The van der Waals surface area contributed by atoms with Gasteiger partial charge in [0.15, 0.2) is 55.5 Å². The number of aliphatic carboxylic acids is 1. The lowest BCUT2D eigenvalue weighted by Crippen LogP contribution is -2.66. The van der Waals surface area contributed by atoms with Gasteiger partial charge in [-0.25, -0.2) is 0 Å². The zero-order chi connectivity index (χ0) is 96.4. The molecule has 3 fully saturated rings. The quantitative estimate of drug-likeness (QED) is 0.0170. The second-order valence-corrected chi connectivity index (χ2v) is 29.5. The Kier molecular flexibility index (Phi) is 58.0. The number of hydrogen-bond acceptors (Lipinski definition) is 41. The van der Waals surface area contributed by atoms with Crippen LogP contribution in [-0.2, 0) is 195 Å².